The van der Waals surface area contributed by atoms with Crippen LogP contribution in [0.3, 0.4) is 0 Å². The number of rotatable bonds is 10. The standard InChI is InChI=1S/C25H26ClN3O4/c1-16(26)12-18(24(31)27-2)14-22(30)23(13-17-8-4-3-5-9-17)33-25(32)21-15-28-19-10-6-7-11-20(19)29-21/h3-11,15,18,22-23,30H,1,12-14H2,2H3,(H,27,31)/t18-,22+,23+/m1/s1. The highest BCUT2D eigenvalue weighted by Gasteiger charge is 2.30. The fraction of sp³-hybridized carbons (Fsp3) is 0.280. The summed E-state index contributed by atoms with van der Waals surface area (Å²) in [4.78, 5) is 33.8. The van der Waals surface area contributed by atoms with Crippen molar-refractivity contribution in [3.63, 3.8) is 0 Å². The maximum absolute atomic E-state index is 12.9. The van der Waals surface area contributed by atoms with Gasteiger partial charge in [-0.2, -0.15) is 0 Å². The molecule has 33 heavy (non-hydrogen) atoms. The smallest absolute Gasteiger partial charge is 0.358 e. The number of ether oxygens (including phenoxy) is 1. The highest BCUT2D eigenvalue weighted by molar-refractivity contribution is 6.29. The van der Waals surface area contributed by atoms with Crippen molar-refractivity contribution in [3.05, 3.63) is 83.7 Å². The van der Waals surface area contributed by atoms with E-state index in [1.54, 1.807) is 18.2 Å². The molecule has 0 saturated heterocycles. The van der Waals surface area contributed by atoms with Gasteiger partial charge in [0.2, 0.25) is 5.91 Å². The first kappa shape index (κ1) is 24.4. The molecule has 3 atom stereocenters. The summed E-state index contributed by atoms with van der Waals surface area (Å²) in [6.07, 6.45) is -0.191. The highest BCUT2D eigenvalue weighted by Crippen LogP contribution is 2.23. The third-order valence-electron chi connectivity index (χ3n) is 5.24. The molecule has 0 radical (unpaired) electrons. The zero-order valence-electron chi connectivity index (χ0n) is 18.3. The topological polar surface area (TPSA) is 101 Å². The molecule has 0 unspecified atom stereocenters. The van der Waals surface area contributed by atoms with Gasteiger partial charge < -0.3 is 15.2 Å². The number of allylic oxidation sites excluding steroid dienone is 1. The van der Waals surface area contributed by atoms with Crippen LogP contribution < -0.4 is 5.32 Å². The van der Waals surface area contributed by atoms with Gasteiger partial charge in [-0.25, -0.2) is 9.78 Å². The van der Waals surface area contributed by atoms with E-state index < -0.39 is 24.1 Å². The minimum absolute atomic E-state index is 0.0379. The molecule has 1 aromatic heterocycles. The average molecular weight is 468 g/mol. The fourth-order valence-electron chi connectivity index (χ4n) is 3.55. The molecule has 2 N–H and O–H groups in total. The van der Waals surface area contributed by atoms with Crippen molar-refractivity contribution < 1.29 is 19.4 Å². The Labute approximate surface area is 197 Å². The lowest BCUT2D eigenvalue weighted by molar-refractivity contribution is -0.126. The minimum Gasteiger partial charge on any atom is -0.454 e. The molecule has 2 aromatic carbocycles. The van der Waals surface area contributed by atoms with E-state index in [2.05, 4.69) is 21.9 Å². The molecule has 0 bridgehead atoms. The third-order valence-corrected chi connectivity index (χ3v) is 5.39. The van der Waals surface area contributed by atoms with Gasteiger partial charge >= 0.3 is 5.97 Å². The number of carbonyl (C=O) groups is 2. The number of esters is 1. The van der Waals surface area contributed by atoms with Crippen LogP contribution >= 0.6 is 11.6 Å². The highest BCUT2D eigenvalue weighted by atomic mass is 35.5. The Bertz CT molecular complexity index is 1120. The van der Waals surface area contributed by atoms with Gasteiger partial charge in [-0.05, 0) is 30.5 Å². The Morgan fingerprint density at radius 1 is 1.12 bits per heavy atom. The number of para-hydroxylation sites is 2. The molecule has 7 nitrogen and oxygen atoms in total. The summed E-state index contributed by atoms with van der Waals surface area (Å²) in [5.74, 6) is -1.60. The lowest BCUT2D eigenvalue weighted by Gasteiger charge is -2.26. The first-order chi connectivity index (χ1) is 15.9. The lowest BCUT2D eigenvalue weighted by atomic mass is 9.92. The van der Waals surface area contributed by atoms with E-state index in [9.17, 15) is 14.7 Å². The molecule has 0 saturated carbocycles. The summed E-state index contributed by atoms with van der Waals surface area (Å²) >= 11 is 5.92. The van der Waals surface area contributed by atoms with E-state index in [1.807, 2.05) is 36.4 Å². The number of benzene rings is 2. The number of nitrogens with zero attached hydrogens (tertiary/aromatic N) is 2. The molecular weight excluding hydrogens is 442 g/mol. The molecule has 0 aliphatic heterocycles. The zero-order valence-corrected chi connectivity index (χ0v) is 19.0. The molecule has 1 heterocycles. The van der Waals surface area contributed by atoms with Crippen molar-refractivity contribution in [2.45, 2.75) is 31.5 Å². The number of carbonyl (C=O) groups excluding carboxylic acids is 2. The maximum atomic E-state index is 12.9. The molecule has 3 aromatic rings. The van der Waals surface area contributed by atoms with Crippen LogP contribution in [-0.2, 0) is 16.0 Å². The summed E-state index contributed by atoms with van der Waals surface area (Å²) in [5, 5.41) is 13.9. The molecule has 8 heteroatoms. The fourth-order valence-corrected chi connectivity index (χ4v) is 3.74. The van der Waals surface area contributed by atoms with E-state index in [-0.39, 0.29) is 30.9 Å². The zero-order chi connectivity index (χ0) is 23.8. The number of aliphatic hydroxyl groups is 1. The molecule has 1 amide bonds. The molecular formula is C25H26ClN3O4. The number of halogens is 1. The molecule has 172 valence electrons. The predicted octanol–water partition coefficient (Wildman–Crippen LogP) is 3.65. The molecule has 0 aliphatic rings. The van der Waals surface area contributed by atoms with Crippen LogP contribution in [-0.4, -0.2) is 46.2 Å². The van der Waals surface area contributed by atoms with Crippen molar-refractivity contribution in [1.82, 2.24) is 15.3 Å². The van der Waals surface area contributed by atoms with Crippen LogP contribution in [0.5, 0.6) is 0 Å². The van der Waals surface area contributed by atoms with E-state index in [1.165, 1.54) is 13.2 Å². The molecule has 0 aliphatic carbocycles. The van der Waals surface area contributed by atoms with E-state index in [4.69, 9.17) is 16.3 Å². The summed E-state index contributed by atoms with van der Waals surface area (Å²) in [7, 11) is 1.51. The summed E-state index contributed by atoms with van der Waals surface area (Å²) in [5.41, 5.74) is 2.13. The van der Waals surface area contributed by atoms with Crippen molar-refractivity contribution in [2.75, 3.05) is 7.05 Å². The second-order valence-corrected chi connectivity index (χ2v) is 8.25. The van der Waals surface area contributed by atoms with Gasteiger partial charge in [0.05, 0.1) is 23.3 Å². The molecule has 0 fully saturated rings. The van der Waals surface area contributed by atoms with Crippen LogP contribution in [0.4, 0.5) is 0 Å². The summed E-state index contributed by atoms with van der Waals surface area (Å²) < 4.78 is 5.69. The first-order valence-corrected chi connectivity index (χ1v) is 10.9. The normalized spacial score (nSPS) is 13.7. The minimum atomic E-state index is -1.12. The van der Waals surface area contributed by atoms with E-state index in [0.717, 1.165) is 5.56 Å². The van der Waals surface area contributed by atoms with Crippen LogP contribution in [0.25, 0.3) is 11.0 Å². The second-order valence-electron chi connectivity index (χ2n) is 7.71. The first-order valence-electron chi connectivity index (χ1n) is 10.6. The summed E-state index contributed by atoms with van der Waals surface area (Å²) in [6, 6.07) is 16.5. The Hall–Kier alpha value is -3.29. The number of hydrogen-bond acceptors (Lipinski definition) is 6. The van der Waals surface area contributed by atoms with Gasteiger partial charge in [0.25, 0.3) is 0 Å². The van der Waals surface area contributed by atoms with Gasteiger partial charge in [-0.3, -0.25) is 9.78 Å². The Balaban J connectivity index is 1.82. The Morgan fingerprint density at radius 2 is 1.79 bits per heavy atom. The number of aromatic nitrogens is 2. The average Bonchev–Trinajstić information content (AvgIpc) is 2.82. The van der Waals surface area contributed by atoms with E-state index >= 15 is 0 Å². The lowest BCUT2D eigenvalue weighted by Crippen LogP contribution is -2.38. The number of amides is 1. The van der Waals surface area contributed by atoms with Crippen LogP contribution in [0, 0.1) is 5.92 Å². The number of aliphatic hydroxyl groups excluding tert-OH is 1. The van der Waals surface area contributed by atoms with Crippen molar-refractivity contribution in [2.24, 2.45) is 5.92 Å². The molecule has 3 rings (SSSR count). The van der Waals surface area contributed by atoms with Gasteiger partial charge in [-0.1, -0.05) is 60.6 Å². The van der Waals surface area contributed by atoms with Crippen molar-refractivity contribution in [1.29, 1.82) is 0 Å². The predicted molar refractivity (Wildman–Crippen MR) is 127 cm³/mol. The largest absolute Gasteiger partial charge is 0.454 e. The van der Waals surface area contributed by atoms with Crippen molar-refractivity contribution in [3.8, 4) is 0 Å². The van der Waals surface area contributed by atoms with Gasteiger partial charge in [0, 0.05) is 24.4 Å². The summed E-state index contributed by atoms with van der Waals surface area (Å²) in [6.45, 7) is 3.65. The number of nitrogens with one attached hydrogen (secondary N) is 1. The number of hydrogen-bond donors (Lipinski definition) is 2. The van der Waals surface area contributed by atoms with Crippen LogP contribution in [0.2, 0.25) is 0 Å². The third kappa shape index (κ3) is 6.84. The van der Waals surface area contributed by atoms with Crippen LogP contribution in [0.15, 0.2) is 72.4 Å². The van der Waals surface area contributed by atoms with Gasteiger partial charge in [0.1, 0.15) is 6.10 Å². The van der Waals surface area contributed by atoms with E-state index in [0.29, 0.717) is 16.1 Å². The van der Waals surface area contributed by atoms with Crippen LogP contribution in [0.1, 0.15) is 28.9 Å². The second kappa shape index (κ2) is 11.5. The maximum Gasteiger partial charge on any atom is 0.358 e. The number of fused-ring (bicyclic) bond motifs is 1. The van der Waals surface area contributed by atoms with Gasteiger partial charge in [-0.15, -0.1) is 0 Å². The monoisotopic (exact) mass is 467 g/mol. The van der Waals surface area contributed by atoms with Crippen molar-refractivity contribution >= 4 is 34.5 Å². The Morgan fingerprint density at radius 3 is 2.45 bits per heavy atom. The Kier molecular flexibility index (Phi) is 8.52. The molecule has 0 spiro atoms. The SMILES string of the molecule is C=C(Cl)C[C@H](C[C@H](O)[C@H](Cc1ccccc1)OC(=O)c1cnc2ccccc2n1)C(=O)NC. The quantitative estimate of drug-likeness (QED) is 0.441. The van der Waals surface area contributed by atoms with Gasteiger partial charge in [0.15, 0.2) is 5.69 Å².